The number of hydrogen-bond donors (Lipinski definition) is 3. The zero-order chi connectivity index (χ0) is 26.1. The van der Waals surface area contributed by atoms with E-state index in [2.05, 4.69) is 26.2 Å². The average molecular weight is 561 g/mol. The first-order valence-electron chi connectivity index (χ1n) is 10.9. The van der Waals surface area contributed by atoms with E-state index in [0.717, 1.165) is 28.1 Å². The Bertz CT molecular complexity index is 1280. The Morgan fingerprint density at radius 2 is 1.61 bits per heavy atom. The normalized spacial score (nSPS) is 12.5. The molecule has 6 nitrogen and oxygen atoms in total. The third-order valence-corrected chi connectivity index (χ3v) is 5.84. The Labute approximate surface area is 230 Å². The molecule has 3 rings (SSSR count). The fourth-order valence-electron chi connectivity index (χ4n) is 3.05. The van der Waals surface area contributed by atoms with E-state index in [9.17, 15) is 4.79 Å². The maximum absolute atomic E-state index is 12.4. The molecule has 0 fully saturated rings. The second-order valence-corrected chi connectivity index (χ2v) is 10.6. The van der Waals surface area contributed by atoms with Crippen molar-refractivity contribution in [3.8, 4) is 0 Å². The molecule has 10 heteroatoms. The van der Waals surface area contributed by atoms with Crippen molar-refractivity contribution in [2.45, 2.75) is 23.8 Å². The Kier molecular flexibility index (Phi) is 9.84. The Balaban J connectivity index is 1.62. The van der Waals surface area contributed by atoms with Gasteiger partial charge in [-0.25, -0.2) is 0 Å². The number of aryl methyl sites for hydroxylation is 2. The highest BCUT2D eigenvalue weighted by molar-refractivity contribution is 7.80. The number of carbonyl (C=O) groups is 1. The summed E-state index contributed by atoms with van der Waals surface area (Å²) in [4.78, 5) is 12.4. The van der Waals surface area contributed by atoms with Crippen LogP contribution in [0.15, 0.2) is 89.1 Å². The molecule has 0 aliphatic rings. The summed E-state index contributed by atoms with van der Waals surface area (Å²) in [5, 5.41) is 17.3. The van der Waals surface area contributed by atoms with Gasteiger partial charge in [0, 0.05) is 11.8 Å². The van der Waals surface area contributed by atoms with Crippen molar-refractivity contribution in [3.05, 3.63) is 95.6 Å². The molecule has 186 valence electrons. The second kappa shape index (κ2) is 12.8. The van der Waals surface area contributed by atoms with E-state index in [4.69, 9.17) is 47.0 Å². The molecule has 0 heterocycles. The molecule has 0 aliphatic heterocycles. The lowest BCUT2D eigenvalue weighted by Crippen LogP contribution is -2.55. The summed E-state index contributed by atoms with van der Waals surface area (Å²) < 4.78 is -1.86. The summed E-state index contributed by atoms with van der Waals surface area (Å²) in [5.74, 6) is -0.454. The van der Waals surface area contributed by atoms with Gasteiger partial charge in [-0.05, 0) is 73.1 Å². The Hall–Kier alpha value is -2.97. The topological polar surface area (TPSA) is 77.9 Å². The minimum atomic E-state index is -1.86. The van der Waals surface area contributed by atoms with E-state index in [-0.39, 0.29) is 5.11 Å². The molecule has 1 atom stereocenters. The van der Waals surface area contributed by atoms with Gasteiger partial charge in [0.15, 0.2) is 5.11 Å². The van der Waals surface area contributed by atoms with E-state index < -0.39 is 15.9 Å². The number of azo groups is 1. The summed E-state index contributed by atoms with van der Waals surface area (Å²) in [6.07, 6.45) is 1.92. The predicted octanol–water partition coefficient (Wildman–Crippen LogP) is 7.53. The molecule has 3 N–H and O–H groups in total. The number of alkyl halides is 3. The van der Waals surface area contributed by atoms with Gasteiger partial charge in [0.05, 0.1) is 11.4 Å². The highest BCUT2D eigenvalue weighted by Gasteiger charge is 2.34. The van der Waals surface area contributed by atoms with Crippen molar-refractivity contribution >= 4 is 81.2 Å². The van der Waals surface area contributed by atoms with Crippen molar-refractivity contribution in [2.75, 3.05) is 5.32 Å². The molecule has 0 spiro atoms. The first-order valence-corrected chi connectivity index (χ1v) is 12.4. The van der Waals surface area contributed by atoms with Crippen LogP contribution in [0, 0.1) is 13.8 Å². The fourth-order valence-corrected chi connectivity index (χ4v) is 3.61. The number of anilines is 1. The van der Waals surface area contributed by atoms with Crippen molar-refractivity contribution in [1.29, 1.82) is 0 Å². The average Bonchev–Trinajstić information content (AvgIpc) is 2.83. The fraction of sp³-hybridized carbons (Fsp3) is 0.154. The number of nitrogens with one attached hydrogen (secondary N) is 3. The molecular weight excluding hydrogens is 537 g/mol. The molecule has 0 radical (unpaired) electrons. The number of nitrogens with zero attached hydrogens (tertiary/aromatic N) is 2. The van der Waals surface area contributed by atoms with E-state index in [1.54, 1.807) is 6.08 Å². The van der Waals surface area contributed by atoms with Crippen LogP contribution in [0.2, 0.25) is 0 Å². The Morgan fingerprint density at radius 1 is 0.917 bits per heavy atom. The van der Waals surface area contributed by atoms with E-state index in [1.807, 2.05) is 86.6 Å². The summed E-state index contributed by atoms with van der Waals surface area (Å²) in [5.41, 5.74) is 5.00. The van der Waals surface area contributed by atoms with Crippen molar-refractivity contribution in [1.82, 2.24) is 10.6 Å². The van der Waals surface area contributed by atoms with Gasteiger partial charge in [0.1, 0.15) is 6.17 Å². The minimum absolute atomic E-state index is 0.163. The molecule has 0 aromatic heterocycles. The first kappa shape index (κ1) is 27.6. The number of amides is 1. The van der Waals surface area contributed by atoms with Crippen molar-refractivity contribution in [3.63, 3.8) is 0 Å². The van der Waals surface area contributed by atoms with Gasteiger partial charge in [0.25, 0.3) is 0 Å². The summed E-state index contributed by atoms with van der Waals surface area (Å²) in [6.45, 7) is 3.88. The zero-order valence-electron chi connectivity index (χ0n) is 19.5. The van der Waals surface area contributed by atoms with Crippen LogP contribution in [0.1, 0.15) is 16.7 Å². The van der Waals surface area contributed by atoms with Gasteiger partial charge < -0.3 is 16.0 Å². The zero-order valence-corrected chi connectivity index (χ0v) is 22.6. The predicted molar refractivity (Wildman–Crippen MR) is 154 cm³/mol. The second-order valence-electron chi connectivity index (χ2n) is 7.81. The van der Waals surface area contributed by atoms with Crippen LogP contribution in [-0.2, 0) is 4.79 Å². The van der Waals surface area contributed by atoms with Crippen LogP contribution >= 0.6 is 47.0 Å². The highest BCUT2D eigenvalue weighted by Crippen LogP contribution is 2.29. The lowest BCUT2D eigenvalue weighted by molar-refractivity contribution is -0.117. The number of thiocarbonyl (C=S) groups is 1. The van der Waals surface area contributed by atoms with E-state index in [0.29, 0.717) is 5.69 Å². The SMILES string of the molecule is Cc1ccccc1N=Nc1ccc(NC(=S)N[C@H](NC(=O)/C=C\c2ccccc2)C(Cl)(Cl)Cl)c(C)c1. The van der Waals surface area contributed by atoms with Crippen LogP contribution < -0.4 is 16.0 Å². The number of carbonyl (C=O) groups excluding carboxylic acids is 1. The van der Waals surface area contributed by atoms with Gasteiger partial charge >= 0.3 is 0 Å². The van der Waals surface area contributed by atoms with E-state index >= 15 is 0 Å². The quantitative estimate of drug-likeness (QED) is 0.0917. The van der Waals surface area contributed by atoms with Crippen molar-refractivity contribution < 1.29 is 4.79 Å². The van der Waals surface area contributed by atoms with Crippen molar-refractivity contribution in [2.24, 2.45) is 10.2 Å². The number of benzene rings is 3. The van der Waals surface area contributed by atoms with Crippen LogP contribution in [0.4, 0.5) is 17.1 Å². The minimum Gasteiger partial charge on any atom is -0.339 e. The standard InChI is InChI=1S/C26H24Cl3N5OS/c1-17-8-6-7-11-22(17)34-33-20-13-14-21(18(2)16-20)30-25(36)32-24(26(27,28)29)31-23(35)15-12-19-9-4-3-5-10-19/h3-16,24H,1-2H3,(H,31,35)(H2,30,32,36)/b15-12-,34-33?/t24-/m0/s1. The number of halogens is 3. The van der Waals surface area contributed by atoms with Gasteiger partial charge in [-0.2, -0.15) is 10.2 Å². The molecule has 0 saturated heterocycles. The van der Waals surface area contributed by atoms with Crippen LogP contribution in [0.5, 0.6) is 0 Å². The Morgan fingerprint density at radius 3 is 2.28 bits per heavy atom. The third kappa shape index (κ3) is 8.60. The number of rotatable bonds is 7. The summed E-state index contributed by atoms with van der Waals surface area (Å²) in [6, 6.07) is 22.6. The number of hydrogen-bond acceptors (Lipinski definition) is 4. The first-order chi connectivity index (χ1) is 17.1. The van der Waals surface area contributed by atoms with Gasteiger partial charge in [-0.1, -0.05) is 83.3 Å². The maximum Gasteiger partial charge on any atom is 0.245 e. The lowest BCUT2D eigenvalue weighted by Gasteiger charge is -2.27. The van der Waals surface area contributed by atoms with E-state index in [1.165, 1.54) is 6.08 Å². The van der Waals surface area contributed by atoms with Gasteiger partial charge in [-0.15, -0.1) is 0 Å². The largest absolute Gasteiger partial charge is 0.339 e. The molecule has 3 aromatic carbocycles. The molecule has 0 aliphatic carbocycles. The monoisotopic (exact) mass is 559 g/mol. The molecule has 0 bridgehead atoms. The van der Waals surface area contributed by atoms with Crippen LogP contribution in [-0.4, -0.2) is 21.0 Å². The molecular formula is C26H24Cl3N5OS. The summed E-state index contributed by atoms with van der Waals surface area (Å²) >= 11 is 23.6. The smallest absolute Gasteiger partial charge is 0.245 e. The van der Waals surface area contributed by atoms with Crippen LogP contribution in [0.3, 0.4) is 0 Å². The third-order valence-electron chi connectivity index (χ3n) is 4.96. The molecule has 3 aromatic rings. The molecule has 0 saturated carbocycles. The van der Waals surface area contributed by atoms with Gasteiger partial charge in [-0.3, -0.25) is 4.79 Å². The lowest BCUT2D eigenvalue weighted by atomic mass is 10.2. The molecule has 36 heavy (non-hydrogen) atoms. The summed E-state index contributed by atoms with van der Waals surface area (Å²) in [7, 11) is 0. The van der Waals surface area contributed by atoms with Crippen LogP contribution in [0.25, 0.3) is 6.08 Å². The molecule has 0 unspecified atom stereocenters. The van der Waals surface area contributed by atoms with Gasteiger partial charge in [0.2, 0.25) is 9.70 Å². The highest BCUT2D eigenvalue weighted by atomic mass is 35.6. The molecule has 1 amide bonds. The maximum atomic E-state index is 12.4.